The molecule has 19 heavy (non-hydrogen) atoms. The summed E-state index contributed by atoms with van der Waals surface area (Å²) in [5.41, 5.74) is 0.742. The summed E-state index contributed by atoms with van der Waals surface area (Å²) in [6, 6.07) is 3.71. The number of hydrogen-bond acceptors (Lipinski definition) is 4. The van der Waals surface area contributed by atoms with Gasteiger partial charge < -0.3 is 15.4 Å². The average molecular weight is 263 g/mol. The Morgan fingerprint density at radius 2 is 2.42 bits per heavy atom. The van der Waals surface area contributed by atoms with E-state index in [0.29, 0.717) is 12.4 Å². The smallest absolute Gasteiger partial charge is 0.227 e. The molecular formula is C14H21N3O2. The summed E-state index contributed by atoms with van der Waals surface area (Å²) in [6.45, 7) is 4.28. The fraction of sp³-hybridized carbons (Fsp3) is 0.571. The summed E-state index contributed by atoms with van der Waals surface area (Å²) >= 11 is 0. The number of carbonyl (C=O) groups excluding carboxylic acids is 1. The molecule has 0 radical (unpaired) electrons. The van der Waals surface area contributed by atoms with Crippen molar-refractivity contribution in [2.24, 2.45) is 5.41 Å². The van der Waals surface area contributed by atoms with E-state index < -0.39 is 0 Å². The van der Waals surface area contributed by atoms with Crippen LogP contribution < -0.4 is 15.4 Å². The van der Waals surface area contributed by atoms with Crippen LogP contribution in [0.4, 0.5) is 0 Å². The van der Waals surface area contributed by atoms with Crippen LogP contribution in [0, 0.1) is 5.41 Å². The predicted molar refractivity (Wildman–Crippen MR) is 72.8 cm³/mol. The van der Waals surface area contributed by atoms with Gasteiger partial charge >= 0.3 is 0 Å². The van der Waals surface area contributed by atoms with Gasteiger partial charge in [0.25, 0.3) is 0 Å². The lowest BCUT2D eigenvalue weighted by atomic mass is 9.83. The van der Waals surface area contributed by atoms with Crippen molar-refractivity contribution >= 4 is 5.91 Å². The molecule has 2 rings (SSSR count). The van der Waals surface area contributed by atoms with Crippen LogP contribution in [0.2, 0.25) is 0 Å². The molecule has 0 aliphatic carbocycles. The lowest BCUT2D eigenvalue weighted by Gasteiger charge is -2.25. The SMILES string of the molecule is CCC1(C(=O)NCc2ccc(OC)nc2)CCNC1. The van der Waals surface area contributed by atoms with Crippen molar-refractivity contribution in [2.75, 3.05) is 20.2 Å². The van der Waals surface area contributed by atoms with E-state index in [1.54, 1.807) is 19.4 Å². The molecule has 2 N–H and O–H groups in total. The Labute approximate surface area is 113 Å². The Bertz CT molecular complexity index is 425. The second-order valence-electron chi connectivity index (χ2n) is 4.95. The number of carbonyl (C=O) groups is 1. The second-order valence-corrected chi connectivity index (χ2v) is 4.95. The summed E-state index contributed by atoms with van der Waals surface area (Å²) in [5.74, 6) is 0.718. The molecule has 5 heteroatoms. The van der Waals surface area contributed by atoms with E-state index in [2.05, 4.69) is 22.5 Å². The van der Waals surface area contributed by atoms with Gasteiger partial charge in [-0.1, -0.05) is 13.0 Å². The zero-order valence-corrected chi connectivity index (χ0v) is 11.5. The van der Waals surface area contributed by atoms with E-state index in [1.807, 2.05) is 6.07 Å². The largest absolute Gasteiger partial charge is 0.481 e. The van der Waals surface area contributed by atoms with Gasteiger partial charge in [-0.15, -0.1) is 0 Å². The molecule has 2 heterocycles. The van der Waals surface area contributed by atoms with E-state index >= 15 is 0 Å². The highest BCUT2D eigenvalue weighted by molar-refractivity contribution is 5.83. The number of ether oxygens (including phenoxy) is 1. The lowest BCUT2D eigenvalue weighted by molar-refractivity contribution is -0.130. The van der Waals surface area contributed by atoms with E-state index in [-0.39, 0.29) is 11.3 Å². The van der Waals surface area contributed by atoms with Crippen LogP contribution in [0.3, 0.4) is 0 Å². The standard InChI is InChI=1S/C14H21N3O2/c1-3-14(6-7-15-10-14)13(18)17-9-11-4-5-12(19-2)16-8-11/h4-5,8,15H,3,6-7,9-10H2,1-2H3,(H,17,18). The van der Waals surface area contributed by atoms with Gasteiger partial charge in [0, 0.05) is 25.4 Å². The fourth-order valence-corrected chi connectivity index (χ4v) is 2.41. The van der Waals surface area contributed by atoms with E-state index in [1.165, 1.54) is 0 Å². The first-order valence-corrected chi connectivity index (χ1v) is 6.68. The van der Waals surface area contributed by atoms with Crippen LogP contribution >= 0.6 is 0 Å². The number of pyridine rings is 1. The number of amides is 1. The van der Waals surface area contributed by atoms with Gasteiger partial charge in [-0.3, -0.25) is 4.79 Å². The highest BCUT2D eigenvalue weighted by atomic mass is 16.5. The molecule has 1 aromatic rings. The summed E-state index contributed by atoms with van der Waals surface area (Å²) in [4.78, 5) is 16.4. The lowest BCUT2D eigenvalue weighted by Crippen LogP contribution is -2.41. The summed E-state index contributed by atoms with van der Waals surface area (Å²) in [6.07, 6.45) is 3.51. The first-order chi connectivity index (χ1) is 9.20. The molecule has 1 aliphatic rings. The third-order valence-corrected chi connectivity index (χ3v) is 3.86. The van der Waals surface area contributed by atoms with Crippen molar-refractivity contribution < 1.29 is 9.53 Å². The molecule has 1 unspecified atom stereocenters. The number of aromatic nitrogens is 1. The van der Waals surface area contributed by atoms with Crippen LogP contribution in [0.1, 0.15) is 25.3 Å². The Morgan fingerprint density at radius 3 is 2.95 bits per heavy atom. The predicted octanol–water partition coefficient (Wildman–Crippen LogP) is 1.10. The minimum atomic E-state index is -0.236. The number of nitrogens with zero attached hydrogens (tertiary/aromatic N) is 1. The molecule has 1 amide bonds. The highest BCUT2D eigenvalue weighted by Gasteiger charge is 2.39. The Balaban J connectivity index is 1.92. The zero-order valence-electron chi connectivity index (χ0n) is 11.5. The van der Waals surface area contributed by atoms with Gasteiger partial charge in [0.2, 0.25) is 11.8 Å². The van der Waals surface area contributed by atoms with Gasteiger partial charge in [0.15, 0.2) is 0 Å². The number of hydrogen-bond donors (Lipinski definition) is 2. The van der Waals surface area contributed by atoms with Crippen LogP contribution in [-0.4, -0.2) is 31.1 Å². The summed E-state index contributed by atoms with van der Waals surface area (Å²) in [5, 5.41) is 6.28. The third kappa shape index (κ3) is 3.04. The van der Waals surface area contributed by atoms with Crippen LogP contribution in [0.15, 0.2) is 18.3 Å². The maximum absolute atomic E-state index is 12.3. The van der Waals surface area contributed by atoms with Crippen molar-refractivity contribution in [1.29, 1.82) is 0 Å². The minimum absolute atomic E-state index is 0.135. The molecule has 1 aliphatic heterocycles. The van der Waals surface area contributed by atoms with Crippen molar-refractivity contribution in [3.8, 4) is 5.88 Å². The molecule has 5 nitrogen and oxygen atoms in total. The van der Waals surface area contributed by atoms with Crippen molar-refractivity contribution in [3.05, 3.63) is 23.9 Å². The Hall–Kier alpha value is -1.62. The molecule has 0 spiro atoms. The molecule has 0 aromatic carbocycles. The monoisotopic (exact) mass is 263 g/mol. The van der Waals surface area contributed by atoms with Crippen molar-refractivity contribution in [3.63, 3.8) is 0 Å². The van der Waals surface area contributed by atoms with Crippen molar-refractivity contribution in [1.82, 2.24) is 15.6 Å². The summed E-state index contributed by atoms with van der Waals surface area (Å²) in [7, 11) is 1.59. The van der Waals surface area contributed by atoms with Gasteiger partial charge in [0.1, 0.15) is 0 Å². The highest BCUT2D eigenvalue weighted by Crippen LogP contribution is 2.29. The van der Waals surface area contributed by atoms with E-state index in [4.69, 9.17) is 4.74 Å². The normalized spacial score (nSPS) is 22.2. The Kier molecular flexibility index (Phi) is 4.37. The number of rotatable bonds is 5. The third-order valence-electron chi connectivity index (χ3n) is 3.86. The van der Waals surface area contributed by atoms with E-state index in [9.17, 15) is 4.79 Å². The van der Waals surface area contributed by atoms with E-state index in [0.717, 1.165) is 31.5 Å². The fourth-order valence-electron chi connectivity index (χ4n) is 2.41. The topological polar surface area (TPSA) is 63.2 Å². The second kappa shape index (κ2) is 6.02. The van der Waals surface area contributed by atoms with Gasteiger partial charge in [-0.2, -0.15) is 0 Å². The molecule has 0 bridgehead atoms. The molecular weight excluding hydrogens is 242 g/mol. The number of methoxy groups -OCH3 is 1. The van der Waals surface area contributed by atoms with Gasteiger partial charge in [0.05, 0.1) is 12.5 Å². The zero-order chi connectivity index (χ0) is 13.7. The maximum atomic E-state index is 12.3. The molecule has 1 atom stereocenters. The van der Waals surface area contributed by atoms with Crippen LogP contribution in [0.25, 0.3) is 0 Å². The maximum Gasteiger partial charge on any atom is 0.227 e. The minimum Gasteiger partial charge on any atom is -0.481 e. The van der Waals surface area contributed by atoms with Gasteiger partial charge in [-0.05, 0) is 24.9 Å². The quantitative estimate of drug-likeness (QED) is 0.835. The molecule has 0 saturated carbocycles. The van der Waals surface area contributed by atoms with Crippen LogP contribution in [0.5, 0.6) is 5.88 Å². The molecule has 1 fully saturated rings. The number of nitrogens with one attached hydrogen (secondary N) is 2. The molecule has 104 valence electrons. The van der Waals surface area contributed by atoms with Gasteiger partial charge in [-0.25, -0.2) is 4.98 Å². The van der Waals surface area contributed by atoms with Crippen molar-refractivity contribution in [2.45, 2.75) is 26.3 Å². The Morgan fingerprint density at radius 1 is 1.58 bits per heavy atom. The van der Waals surface area contributed by atoms with Crippen LogP contribution in [-0.2, 0) is 11.3 Å². The first kappa shape index (κ1) is 13.8. The summed E-state index contributed by atoms with van der Waals surface area (Å²) < 4.78 is 5.00. The molecule has 1 saturated heterocycles. The molecule has 1 aromatic heterocycles. The first-order valence-electron chi connectivity index (χ1n) is 6.68. The average Bonchev–Trinajstić information content (AvgIpc) is 2.95.